The second-order valence-electron chi connectivity index (χ2n) is 6.38. The van der Waals surface area contributed by atoms with Crippen LogP contribution >= 0.6 is 11.3 Å². The van der Waals surface area contributed by atoms with Gasteiger partial charge in [-0.25, -0.2) is 14.5 Å². The second kappa shape index (κ2) is 9.40. The number of anilines is 1. The average molecular weight is 430 g/mol. The zero-order chi connectivity index (χ0) is 21.7. The molecule has 0 saturated heterocycles. The number of thiazole rings is 1. The Morgan fingerprint density at radius 1 is 1.13 bits per heavy atom. The predicted octanol–water partition coefficient (Wildman–Crippen LogP) is 2.82. The van der Waals surface area contributed by atoms with Crippen LogP contribution in [0, 0.1) is 13.8 Å². The van der Waals surface area contributed by atoms with Crippen molar-refractivity contribution in [3.63, 3.8) is 0 Å². The van der Waals surface area contributed by atoms with Crippen molar-refractivity contribution < 1.29 is 14.3 Å². The Bertz CT molecular complexity index is 1110. The monoisotopic (exact) mass is 429 g/mol. The fourth-order valence-corrected chi connectivity index (χ4v) is 3.75. The topological polar surface area (TPSA) is 107 Å². The second-order valence-corrected chi connectivity index (χ2v) is 7.58. The standard InChI is InChI=1S/C20H23N5O4S/c1-12-19(30-13(2)22-12)15-6-8-18(26)25(24-15)10-9-21-20(27)23-14-5-7-16(28-3)17(11-14)29-4/h5-8,11H,9-10H2,1-4H3,(H2,21,23,27). The van der Waals surface area contributed by atoms with Gasteiger partial charge in [0.2, 0.25) is 0 Å². The first kappa shape index (κ1) is 21.3. The van der Waals surface area contributed by atoms with Crippen molar-refractivity contribution in [3.05, 3.63) is 51.4 Å². The molecular formula is C20H23N5O4S. The van der Waals surface area contributed by atoms with Gasteiger partial charge in [-0.3, -0.25) is 4.79 Å². The van der Waals surface area contributed by atoms with Gasteiger partial charge in [-0.2, -0.15) is 5.10 Å². The lowest BCUT2D eigenvalue weighted by Gasteiger charge is -2.12. The number of carbonyl (C=O) groups excluding carboxylic acids is 1. The van der Waals surface area contributed by atoms with E-state index in [9.17, 15) is 9.59 Å². The van der Waals surface area contributed by atoms with Crippen LogP contribution in [-0.2, 0) is 6.54 Å². The Morgan fingerprint density at radius 3 is 2.57 bits per heavy atom. The molecule has 10 heteroatoms. The van der Waals surface area contributed by atoms with Crippen molar-refractivity contribution in [1.29, 1.82) is 0 Å². The summed E-state index contributed by atoms with van der Waals surface area (Å²) in [6.45, 7) is 4.31. The molecule has 2 amide bonds. The van der Waals surface area contributed by atoms with Gasteiger partial charge in [-0.1, -0.05) is 0 Å². The van der Waals surface area contributed by atoms with Crippen molar-refractivity contribution in [2.45, 2.75) is 20.4 Å². The van der Waals surface area contributed by atoms with Gasteiger partial charge < -0.3 is 20.1 Å². The van der Waals surface area contributed by atoms with E-state index in [4.69, 9.17) is 9.47 Å². The average Bonchev–Trinajstić information content (AvgIpc) is 3.07. The number of benzene rings is 1. The number of aromatic nitrogens is 3. The van der Waals surface area contributed by atoms with Gasteiger partial charge in [0.15, 0.2) is 11.5 Å². The van der Waals surface area contributed by atoms with Gasteiger partial charge in [0.25, 0.3) is 5.56 Å². The smallest absolute Gasteiger partial charge is 0.319 e. The number of nitrogens with zero attached hydrogens (tertiary/aromatic N) is 3. The molecule has 0 unspecified atom stereocenters. The van der Waals surface area contributed by atoms with Gasteiger partial charge in [0.05, 0.1) is 36.3 Å². The minimum atomic E-state index is -0.402. The summed E-state index contributed by atoms with van der Waals surface area (Å²) in [5.41, 5.74) is 1.88. The van der Waals surface area contributed by atoms with Crippen molar-refractivity contribution in [1.82, 2.24) is 20.1 Å². The van der Waals surface area contributed by atoms with E-state index in [2.05, 4.69) is 20.7 Å². The van der Waals surface area contributed by atoms with Gasteiger partial charge in [0, 0.05) is 24.4 Å². The molecule has 2 aromatic heterocycles. The number of hydrogen-bond donors (Lipinski definition) is 2. The van der Waals surface area contributed by atoms with Crippen LogP contribution in [0.15, 0.2) is 35.1 Å². The van der Waals surface area contributed by atoms with Crippen LogP contribution in [-0.4, -0.2) is 41.6 Å². The molecule has 9 nitrogen and oxygen atoms in total. The van der Waals surface area contributed by atoms with Crippen molar-refractivity contribution in [2.75, 3.05) is 26.1 Å². The Hall–Kier alpha value is -3.40. The first-order valence-electron chi connectivity index (χ1n) is 9.20. The van der Waals surface area contributed by atoms with E-state index >= 15 is 0 Å². The van der Waals surface area contributed by atoms with Gasteiger partial charge >= 0.3 is 6.03 Å². The molecule has 0 aliphatic rings. The summed E-state index contributed by atoms with van der Waals surface area (Å²) in [5.74, 6) is 1.08. The van der Waals surface area contributed by atoms with E-state index in [-0.39, 0.29) is 18.6 Å². The molecule has 2 heterocycles. The van der Waals surface area contributed by atoms with Crippen LogP contribution in [0.2, 0.25) is 0 Å². The number of ether oxygens (including phenoxy) is 2. The van der Waals surface area contributed by atoms with E-state index in [1.807, 2.05) is 13.8 Å². The van der Waals surface area contributed by atoms with E-state index in [0.717, 1.165) is 15.6 Å². The summed E-state index contributed by atoms with van der Waals surface area (Å²) in [5, 5.41) is 10.8. The minimum Gasteiger partial charge on any atom is -0.493 e. The summed E-state index contributed by atoms with van der Waals surface area (Å²) >= 11 is 1.53. The van der Waals surface area contributed by atoms with Gasteiger partial charge in [-0.15, -0.1) is 11.3 Å². The van der Waals surface area contributed by atoms with Crippen LogP contribution in [0.3, 0.4) is 0 Å². The highest BCUT2D eigenvalue weighted by molar-refractivity contribution is 7.15. The van der Waals surface area contributed by atoms with Crippen molar-refractivity contribution >= 4 is 23.1 Å². The first-order valence-corrected chi connectivity index (χ1v) is 10.0. The lowest BCUT2D eigenvalue weighted by Crippen LogP contribution is -2.34. The highest BCUT2D eigenvalue weighted by atomic mass is 32.1. The van der Waals surface area contributed by atoms with E-state index < -0.39 is 6.03 Å². The number of urea groups is 1. The highest BCUT2D eigenvalue weighted by Crippen LogP contribution is 2.29. The zero-order valence-electron chi connectivity index (χ0n) is 17.2. The molecule has 3 rings (SSSR count). The molecule has 158 valence electrons. The molecule has 0 radical (unpaired) electrons. The number of methoxy groups -OCH3 is 2. The summed E-state index contributed by atoms with van der Waals surface area (Å²) < 4.78 is 11.7. The van der Waals surface area contributed by atoms with E-state index in [1.165, 1.54) is 29.2 Å². The van der Waals surface area contributed by atoms with Crippen LogP contribution < -0.4 is 25.7 Å². The molecule has 30 heavy (non-hydrogen) atoms. The number of hydrogen-bond acceptors (Lipinski definition) is 7. The lowest BCUT2D eigenvalue weighted by atomic mass is 10.3. The maximum atomic E-state index is 12.2. The molecule has 0 bridgehead atoms. The fraction of sp³-hybridized carbons (Fsp3) is 0.300. The normalized spacial score (nSPS) is 10.5. The third-order valence-corrected chi connectivity index (χ3v) is 5.35. The molecule has 0 spiro atoms. The Balaban J connectivity index is 1.61. The lowest BCUT2D eigenvalue weighted by molar-refractivity contribution is 0.251. The Labute approximate surface area is 177 Å². The molecule has 3 aromatic rings. The number of aryl methyl sites for hydroxylation is 2. The van der Waals surface area contributed by atoms with Crippen LogP contribution in [0.5, 0.6) is 11.5 Å². The number of rotatable bonds is 7. The zero-order valence-corrected chi connectivity index (χ0v) is 18.0. The number of carbonyl (C=O) groups is 1. The SMILES string of the molecule is COc1ccc(NC(=O)NCCn2nc(-c3sc(C)nc3C)ccc2=O)cc1OC. The van der Waals surface area contributed by atoms with Crippen LogP contribution in [0.25, 0.3) is 10.6 Å². The molecular weight excluding hydrogens is 406 g/mol. The summed E-state index contributed by atoms with van der Waals surface area (Å²) in [7, 11) is 3.07. The van der Waals surface area contributed by atoms with E-state index in [1.54, 1.807) is 31.4 Å². The predicted molar refractivity (Wildman–Crippen MR) is 116 cm³/mol. The molecule has 0 aliphatic carbocycles. The molecule has 0 atom stereocenters. The Morgan fingerprint density at radius 2 is 1.90 bits per heavy atom. The molecule has 0 saturated carbocycles. The maximum absolute atomic E-state index is 12.2. The minimum absolute atomic E-state index is 0.232. The summed E-state index contributed by atoms with van der Waals surface area (Å²) in [6, 6.07) is 7.83. The summed E-state index contributed by atoms with van der Waals surface area (Å²) in [6.07, 6.45) is 0. The molecule has 0 fully saturated rings. The number of nitrogens with one attached hydrogen (secondary N) is 2. The third-order valence-electron chi connectivity index (χ3n) is 4.25. The molecule has 0 aliphatic heterocycles. The van der Waals surface area contributed by atoms with Crippen LogP contribution in [0.4, 0.5) is 10.5 Å². The summed E-state index contributed by atoms with van der Waals surface area (Å²) in [4.78, 5) is 29.6. The third kappa shape index (κ3) is 4.95. The first-order chi connectivity index (χ1) is 14.4. The van der Waals surface area contributed by atoms with Gasteiger partial charge in [-0.05, 0) is 32.0 Å². The highest BCUT2D eigenvalue weighted by Gasteiger charge is 2.11. The van der Waals surface area contributed by atoms with Crippen LogP contribution in [0.1, 0.15) is 10.7 Å². The molecule has 1 aromatic carbocycles. The van der Waals surface area contributed by atoms with Gasteiger partial charge in [0.1, 0.15) is 5.69 Å². The Kier molecular flexibility index (Phi) is 6.68. The largest absolute Gasteiger partial charge is 0.493 e. The quantitative estimate of drug-likeness (QED) is 0.598. The maximum Gasteiger partial charge on any atom is 0.319 e. The van der Waals surface area contributed by atoms with Crippen molar-refractivity contribution in [3.8, 4) is 22.1 Å². The fourth-order valence-electron chi connectivity index (χ4n) is 2.86. The van der Waals surface area contributed by atoms with E-state index in [0.29, 0.717) is 22.9 Å². The molecule has 2 N–H and O–H groups in total. The van der Waals surface area contributed by atoms with Crippen molar-refractivity contribution in [2.24, 2.45) is 0 Å². The number of amides is 2.